The van der Waals surface area contributed by atoms with Gasteiger partial charge in [0.1, 0.15) is 0 Å². The van der Waals surface area contributed by atoms with Crippen LogP contribution >= 0.6 is 0 Å². The third-order valence-electron chi connectivity index (χ3n) is 2.77. The number of hydrogen-bond donors (Lipinski definition) is 1. The maximum Gasteiger partial charge on any atom is 0.0372 e. The lowest BCUT2D eigenvalue weighted by Gasteiger charge is -2.20. The van der Waals surface area contributed by atoms with Crippen molar-refractivity contribution in [3.05, 3.63) is 29.3 Å². The van der Waals surface area contributed by atoms with Crippen molar-refractivity contribution in [3.8, 4) is 0 Å². The Morgan fingerprint density at radius 2 is 1.71 bits per heavy atom. The highest BCUT2D eigenvalue weighted by atomic mass is 14.9. The van der Waals surface area contributed by atoms with Crippen LogP contribution in [0.3, 0.4) is 0 Å². The van der Waals surface area contributed by atoms with Crippen molar-refractivity contribution in [1.82, 2.24) is 0 Å². The van der Waals surface area contributed by atoms with Crippen molar-refractivity contribution < 1.29 is 0 Å². The lowest BCUT2D eigenvalue weighted by Crippen LogP contribution is -2.21. The molecule has 0 aromatic heterocycles. The van der Waals surface area contributed by atoms with Gasteiger partial charge in [-0.3, -0.25) is 0 Å². The van der Waals surface area contributed by atoms with Gasteiger partial charge in [0.25, 0.3) is 0 Å². The van der Waals surface area contributed by atoms with Crippen molar-refractivity contribution in [2.75, 3.05) is 5.32 Å². The molecule has 0 saturated carbocycles. The molecule has 1 aromatic carbocycles. The first-order chi connectivity index (χ1) is 6.50. The Labute approximate surface area is 87.5 Å². The summed E-state index contributed by atoms with van der Waals surface area (Å²) in [5.74, 6) is 0.663. The summed E-state index contributed by atoms with van der Waals surface area (Å²) < 4.78 is 0. The first-order valence-corrected chi connectivity index (χ1v) is 5.34. The summed E-state index contributed by atoms with van der Waals surface area (Å²) >= 11 is 0. The Balaban J connectivity index is 2.77. The SMILES string of the molecule is Cc1ccc(N[C@@H](C)C(C)C)c(C)c1. The van der Waals surface area contributed by atoms with Gasteiger partial charge in [-0.25, -0.2) is 0 Å². The molecule has 0 aliphatic carbocycles. The second-order valence-electron chi connectivity index (χ2n) is 4.50. The number of aryl methyl sites for hydroxylation is 2. The quantitative estimate of drug-likeness (QED) is 0.767. The summed E-state index contributed by atoms with van der Waals surface area (Å²) in [6.07, 6.45) is 0. The zero-order chi connectivity index (χ0) is 10.7. The van der Waals surface area contributed by atoms with Gasteiger partial charge in [0.05, 0.1) is 0 Å². The Bertz CT molecular complexity index is 302. The van der Waals surface area contributed by atoms with Gasteiger partial charge in [0.15, 0.2) is 0 Å². The standard InChI is InChI=1S/C13H21N/c1-9(2)12(5)14-13-7-6-10(3)8-11(13)4/h6-9,12,14H,1-5H3/t12-/m0/s1. The van der Waals surface area contributed by atoms with E-state index in [1.165, 1.54) is 16.8 Å². The van der Waals surface area contributed by atoms with Crippen molar-refractivity contribution in [3.63, 3.8) is 0 Å². The van der Waals surface area contributed by atoms with Gasteiger partial charge in [-0.2, -0.15) is 0 Å². The highest BCUT2D eigenvalue weighted by molar-refractivity contribution is 5.52. The van der Waals surface area contributed by atoms with Gasteiger partial charge in [0, 0.05) is 11.7 Å². The van der Waals surface area contributed by atoms with E-state index in [1.807, 2.05) is 0 Å². The van der Waals surface area contributed by atoms with E-state index in [1.54, 1.807) is 0 Å². The highest BCUT2D eigenvalue weighted by Crippen LogP contribution is 2.18. The fourth-order valence-electron chi connectivity index (χ4n) is 1.39. The van der Waals surface area contributed by atoms with Crippen LogP contribution in [0.5, 0.6) is 0 Å². The largest absolute Gasteiger partial charge is 0.382 e. The maximum atomic E-state index is 3.54. The summed E-state index contributed by atoms with van der Waals surface area (Å²) in [7, 11) is 0. The molecule has 0 aliphatic heterocycles. The van der Waals surface area contributed by atoms with Crippen LogP contribution in [0.2, 0.25) is 0 Å². The minimum atomic E-state index is 0.524. The van der Waals surface area contributed by atoms with E-state index in [0.717, 1.165) is 0 Å². The first kappa shape index (κ1) is 11.1. The molecular weight excluding hydrogens is 170 g/mol. The summed E-state index contributed by atoms with van der Waals surface area (Å²) in [5.41, 5.74) is 3.92. The second-order valence-corrected chi connectivity index (χ2v) is 4.50. The van der Waals surface area contributed by atoms with E-state index < -0.39 is 0 Å². The Morgan fingerprint density at radius 3 is 2.21 bits per heavy atom. The molecule has 1 N–H and O–H groups in total. The number of anilines is 1. The summed E-state index contributed by atoms with van der Waals surface area (Å²) in [4.78, 5) is 0. The minimum Gasteiger partial charge on any atom is -0.382 e. The number of rotatable bonds is 3. The van der Waals surface area contributed by atoms with E-state index in [9.17, 15) is 0 Å². The summed E-state index contributed by atoms with van der Waals surface area (Å²) in [6.45, 7) is 11.0. The maximum absolute atomic E-state index is 3.54. The molecule has 1 atom stereocenters. The van der Waals surface area contributed by atoms with Gasteiger partial charge in [-0.15, -0.1) is 0 Å². The fraction of sp³-hybridized carbons (Fsp3) is 0.538. The van der Waals surface area contributed by atoms with E-state index >= 15 is 0 Å². The van der Waals surface area contributed by atoms with Crippen LogP contribution in [-0.4, -0.2) is 6.04 Å². The van der Waals surface area contributed by atoms with Gasteiger partial charge < -0.3 is 5.32 Å². The predicted octanol–water partition coefficient (Wildman–Crippen LogP) is 3.76. The molecule has 0 spiro atoms. The molecule has 1 aromatic rings. The van der Waals surface area contributed by atoms with Crippen LogP contribution in [0.1, 0.15) is 31.9 Å². The molecule has 78 valence electrons. The normalized spacial score (nSPS) is 13.0. The average Bonchev–Trinajstić information content (AvgIpc) is 2.09. The highest BCUT2D eigenvalue weighted by Gasteiger charge is 2.07. The van der Waals surface area contributed by atoms with Gasteiger partial charge in [-0.05, 0) is 38.3 Å². The molecule has 0 saturated heterocycles. The van der Waals surface area contributed by atoms with E-state index in [-0.39, 0.29) is 0 Å². The molecule has 0 unspecified atom stereocenters. The van der Waals surface area contributed by atoms with Gasteiger partial charge in [-0.1, -0.05) is 31.5 Å². The molecule has 14 heavy (non-hydrogen) atoms. The van der Waals surface area contributed by atoms with Crippen molar-refractivity contribution in [2.24, 2.45) is 5.92 Å². The molecule has 0 bridgehead atoms. The van der Waals surface area contributed by atoms with Crippen molar-refractivity contribution >= 4 is 5.69 Å². The molecule has 0 fully saturated rings. The Morgan fingerprint density at radius 1 is 1.07 bits per heavy atom. The Hall–Kier alpha value is -0.980. The van der Waals surface area contributed by atoms with Crippen LogP contribution in [0.4, 0.5) is 5.69 Å². The van der Waals surface area contributed by atoms with Crippen LogP contribution in [0.25, 0.3) is 0 Å². The Kier molecular flexibility index (Phi) is 3.56. The average molecular weight is 191 g/mol. The summed E-state index contributed by atoms with van der Waals surface area (Å²) in [5, 5.41) is 3.54. The molecule has 0 amide bonds. The number of benzene rings is 1. The zero-order valence-electron chi connectivity index (χ0n) is 9.89. The summed E-state index contributed by atoms with van der Waals surface area (Å²) in [6, 6.07) is 7.07. The third-order valence-corrected chi connectivity index (χ3v) is 2.77. The van der Waals surface area contributed by atoms with Crippen molar-refractivity contribution in [1.29, 1.82) is 0 Å². The van der Waals surface area contributed by atoms with Gasteiger partial charge >= 0.3 is 0 Å². The second kappa shape index (κ2) is 4.50. The van der Waals surface area contributed by atoms with Crippen LogP contribution in [0.15, 0.2) is 18.2 Å². The number of hydrogen-bond acceptors (Lipinski definition) is 1. The van der Waals surface area contributed by atoms with Crippen LogP contribution in [-0.2, 0) is 0 Å². The van der Waals surface area contributed by atoms with E-state index in [2.05, 4.69) is 58.1 Å². The smallest absolute Gasteiger partial charge is 0.0372 e. The van der Waals surface area contributed by atoms with E-state index in [0.29, 0.717) is 12.0 Å². The lowest BCUT2D eigenvalue weighted by atomic mass is 10.0. The monoisotopic (exact) mass is 191 g/mol. The molecule has 1 heteroatoms. The van der Waals surface area contributed by atoms with Crippen LogP contribution in [0, 0.1) is 19.8 Å². The van der Waals surface area contributed by atoms with Gasteiger partial charge in [0.2, 0.25) is 0 Å². The third kappa shape index (κ3) is 2.76. The molecule has 0 radical (unpaired) electrons. The van der Waals surface area contributed by atoms with E-state index in [4.69, 9.17) is 0 Å². The lowest BCUT2D eigenvalue weighted by molar-refractivity contribution is 0.560. The molecule has 0 aliphatic rings. The zero-order valence-corrected chi connectivity index (χ0v) is 9.89. The predicted molar refractivity (Wildman–Crippen MR) is 63.8 cm³/mol. The minimum absolute atomic E-state index is 0.524. The van der Waals surface area contributed by atoms with Crippen molar-refractivity contribution in [2.45, 2.75) is 40.7 Å². The first-order valence-electron chi connectivity index (χ1n) is 5.34. The fourth-order valence-corrected chi connectivity index (χ4v) is 1.39. The topological polar surface area (TPSA) is 12.0 Å². The number of nitrogens with one attached hydrogen (secondary N) is 1. The molecule has 1 rings (SSSR count). The van der Waals surface area contributed by atoms with Crippen LogP contribution < -0.4 is 5.32 Å². The molecular formula is C13H21N. The molecule has 1 nitrogen and oxygen atoms in total. The molecule has 0 heterocycles.